The maximum absolute atomic E-state index is 12.4. The Morgan fingerprint density at radius 2 is 1.81 bits per heavy atom. The molecule has 0 saturated heterocycles. The van der Waals surface area contributed by atoms with Crippen LogP contribution < -0.4 is 5.32 Å². The molecule has 0 spiro atoms. The summed E-state index contributed by atoms with van der Waals surface area (Å²) in [7, 11) is 0. The molecular formula is C17H23BrClNO. The maximum atomic E-state index is 12.4. The summed E-state index contributed by atoms with van der Waals surface area (Å²) >= 11 is 9.34. The molecule has 0 unspecified atom stereocenters. The third-order valence-electron chi connectivity index (χ3n) is 4.07. The van der Waals surface area contributed by atoms with Gasteiger partial charge < -0.3 is 5.32 Å². The monoisotopic (exact) mass is 371 g/mol. The van der Waals surface area contributed by atoms with Gasteiger partial charge in [0.05, 0.1) is 5.02 Å². The van der Waals surface area contributed by atoms with E-state index in [1.54, 1.807) is 18.2 Å². The Morgan fingerprint density at radius 3 is 2.33 bits per heavy atom. The lowest BCUT2D eigenvalue weighted by Gasteiger charge is -2.45. The minimum Gasteiger partial charge on any atom is -0.349 e. The Hall–Kier alpha value is -0.540. The van der Waals surface area contributed by atoms with E-state index < -0.39 is 0 Å². The van der Waals surface area contributed by atoms with Gasteiger partial charge in [-0.05, 0) is 64.2 Å². The fourth-order valence-electron chi connectivity index (χ4n) is 3.85. The minimum absolute atomic E-state index is 0.0223. The highest BCUT2D eigenvalue weighted by Gasteiger charge is 2.38. The van der Waals surface area contributed by atoms with Crippen LogP contribution in [-0.2, 0) is 0 Å². The Morgan fingerprint density at radius 1 is 1.24 bits per heavy atom. The van der Waals surface area contributed by atoms with Crippen molar-refractivity contribution in [2.45, 2.75) is 53.0 Å². The van der Waals surface area contributed by atoms with Crippen LogP contribution in [0.2, 0.25) is 5.02 Å². The second-order valence-corrected chi connectivity index (χ2v) is 8.97. The summed E-state index contributed by atoms with van der Waals surface area (Å²) in [4.78, 5) is 12.4. The van der Waals surface area contributed by atoms with Gasteiger partial charge in [0.25, 0.3) is 5.91 Å². The predicted octanol–water partition coefficient (Wildman–Crippen LogP) is 5.44. The summed E-state index contributed by atoms with van der Waals surface area (Å²) in [5.74, 6) is -0.0223. The van der Waals surface area contributed by atoms with Gasteiger partial charge in [-0.2, -0.15) is 0 Å². The van der Waals surface area contributed by atoms with Gasteiger partial charge in [0.15, 0.2) is 0 Å². The van der Waals surface area contributed by atoms with Gasteiger partial charge in [-0.25, -0.2) is 0 Å². The standard InChI is InChI=1S/C17H23BrClNO/c1-16(2)8-12(9-17(3,4)10-16)20-15(21)11-5-6-14(19)13(18)7-11/h5-7,12H,8-10H2,1-4H3,(H,20,21). The molecule has 0 aliphatic heterocycles. The third kappa shape index (κ3) is 4.46. The number of hydrogen-bond donors (Lipinski definition) is 1. The first-order chi connectivity index (χ1) is 9.58. The lowest BCUT2D eigenvalue weighted by molar-refractivity contribution is 0.0713. The Kier molecular flexibility index (Phi) is 4.75. The second-order valence-electron chi connectivity index (χ2n) is 7.71. The van der Waals surface area contributed by atoms with Crippen molar-refractivity contribution in [3.8, 4) is 0 Å². The zero-order chi connectivity index (χ0) is 15.8. The van der Waals surface area contributed by atoms with E-state index in [1.165, 1.54) is 6.42 Å². The zero-order valence-corrected chi connectivity index (χ0v) is 15.4. The van der Waals surface area contributed by atoms with Crippen molar-refractivity contribution in [1.82, 2.24) is 5.32 Å². The average Bonchev–Trinajstić information content (AvgIpc) is 2.28. The highest BCUT2D eigenvalue weighted by molar-refractivity contribution is 9.10. The zero-order valence-electron chi connectivity index (χ0n) is 13.1. The van der Waals surface area contributed by atoms with Crippen molar-refractivity contribution in [3.05, 3.63) is 33.3 Å². The van der Waals surface area contributed by atoms with Gasteiger partial charge in [-0.3, -0.25) is 4.79 Å². The molecule has 0 bridgehead atoms. The number of nitrogens with one attached hydrogen (secondary N) is 1. The normalized spacial score (nSPS) is 21.0. The Bertz CT molecular complexity index is 538. The number of carbonyl (C=O) groups is 1. The molecular weight excluding hydrogens is 350 g/mol. The number of hydrogen-bond acceptors (Lipinski definition) is 1. The lowest BCUT2D eigenvalue weighted by atomic mass is 9.63. The van der Waals surface area contributed by atoms with Crippen LogP contribution in [0.15, 0.2) is 22.7 Å². The second kappa shape index (κ2) is 5.92. The highest BCUT2D eigenvalue weighted by Crippen LogP contribution is 2.45. The van der Waals surface area contributed by atoms with Crippen LogP contribution in [0, 0.1) is 10.8 Å². The first-order valence-electron chi connectivity index (χ1n) is 7.34. The SMILES string of the molecule is CC1(C)CC(NC(=O)c2ccc(Cl)c(Br)c2)CC(C)(C)C1. The van der Waals surface area contributed by atoms with Gasteiger partial charge in [0.1, 0.15) is 0 Å². The van der Waals surface area contributed by atoms with Crippen LogP contribution in [0.25, 0.3) is 0 Å². The quantitative estimate of drug-likeness (QED) is 0.736. The van der Waals surface area contributed by atoms with Crippen molar-refractivity contribution in [1.29, 1.82) is 0 Å². The maximum Gasteiger partial charge on any atom is 0.251 e. The Balaban J connectivity index is 2.10. The number of halogens is 2. The fraction of sp³-hybridized carbons (Fsp3) is 0.588. The predicted molar refractivity (Wildman–Crippen MR) is 91.8 cm³/mol. The molecule has 0 aromatic heterocycles. The molecule has 1 fully saturated rings. The summed E-state index contributed by atoms with van der Waals surface area (Å²) in [5, 5.41) is 3.81. The third-order valence-corrected chi connectivity index (χ3v) is 5.29. The topological polar surface area (TPSA) is 29.1 Å². The van der Waals surface area contributed by atoms with Crippen LogP contribution in [0.4, 0.5) is 0 Å². The molecule has 1 saturated carbocycles. The summed E-state index contributed by atoms with van der Waals surface area (Å²) in [6.45, 7) is 9.13. The van der Waals surface area contributed by atoms with Crippen LogP contribution in [0.3, 0.4) is 0 Å². The molecule has 1 N–H and O–H groups in total. The first-order valence-corrected chi connectivity index (χ1v) is 8.51. The van der Waals surface area contributed by atoms with Gasteiger partial charge in [0, 0.05) is 16.1 Å². The van der Waals surface area contributed by atoms with E-state index in [9.17, 15) is 4.79 Å². The number of benzene rings is 1. The number of carbonyl (C=O) groups excluding carboxylic acids is 1. The van der Waals surface area contributed by atoms with E-state index in [4.69, 9.17) is 11.6 Å². The summed E-state index contributed by atoms with van der Waals surface area (Å²) in [5.41, 5.74) is 1.17. The Labute approximate surface area is 140 Å². The summed E-state index contributed by atoms with van der Waals surface area (Å²) in [6, 6.07) is 5.51. The fourth-order valence-corrected chi connectivity index (χ4v) is 4.35. The highest BCUT2D eigenvalue weighted by atomic mass is 79.9. The number of rotatable bonds is 2. The molecule has 116 valence electrons. The first kappa shape index (κ1) is 16.8. The van der Waals surface area contributed by atoms with Crippen molar-refractivity contribution < 1.29 is 4.79 Å². The van der Waals surface area contributed by atoms with Gasteiger partial charge in [-0.15, -0.1) is 0 Å². The van der Waals surface area contributed by atoms with Crippen LogP contribution >= 0.6 is 27.5 Å². The molecule has 1 aromatic rings. The average molecular weight is 373 g/mol. The van der Waals surface area contributed by atoms with Gasteiger partial charge in [-0.1, -0.05) is 39.3 Å². The van der Waals surface area contributed by atoms with E-state index in [0.717, 1.165) is 17.3 Å². The molecule has 21 heavy (non-hydrogen) atoms. The van der Waals surface area contributed by atoms with Gasteiger partial charge in [0.2, 0.25) is 0 Å². The van der Waals surface area contributed by atoms with Crippen molar-refractivity contribution in [2.24, 2.45) is 10.8 Å². The van der Waals surface area contributed by atoms with Crippen LogP contribution in [0.1, 0.15) is 57.3 Å². The lowest BCUT2D eigenvalue weighted by Crippen LogP contribution is -2.46. The smallest absolute Gasteiger partial charge is 0.251 e. The summed E-state index contributed by atoms with van der Waals surface area (Å²) < 4.78 is 0.751. The summed E-state index contributed by atoms with van der Waals surface area (Å²) in [6.07, 6.45) is 3.24. The van der Waals surface area contributed by atoms with Crippen LogP contribution in [0.5, 0.6) is 0 Å². The van der Waals surface area contributed by atoms with Crippen molar-refractivity contribution in [2.75, 3.05) is 0 Å². The molecule has 1 amide bonds. The number of amides is 1. The van der Waals surface area contributed by atoms with E-state index >= 15 is 0 Å². The largest absolute Gasteiger partial charge is 0.349 e. The van der Waals surface area contributed by atoms with Crippen LogP contribution in [-0.4, -0.2) is 11.9 Å². The van der Waals surface area contributed by atoms with Gasteiger partial charge >= 0.3 is 0 Å². The van der Waals surface area contributed by atoms with E-state index in [0.29, 0.717) is 10.6 Å². The molecule has 2 nitrogen and oxygen atoms in total. The molecule has 1 aromatic carbocycles. The molecule has 0 radical (unpaired) electrons. The molecule has 1 aliphatic rings. The van der Waals surface area contributed by atoms with Crippen molar-refractivity contribution >= 4 is 33.4 Å². The van der Waals surface area contributed by atoms with E-state index in [-0.39, 0.29) is 22.8 Å². The van der Waals surface area contributed by atoms with E-state index in [1.807, 2.05) is 0 Å². The molecule has 1 aliphatic carbocycles. The van der Waals surface area contributed by atoms with Crippen molar-refractivity contribution in [3.63, 3.8) is 0 Å². The molecule has 2 rings (SSSR count). The molecule has 4 heteroatoms. The molecule has 0 heterocycles. The minimum atomic E-state index is -0.0223. The molecule has 0 atom stereocenters. The van der Waals surface area contributed by atoms with E-state index in [2.05, 4.69) is 48.9 Å².